The Bertz CT molecular complexity index is 1570. The van der Waals surface area contributed by atoms with E-state index in [1.165, 1.54) is 31.5 Å². The predicted octanol–water partition coefficient (Wildman–Crippen LogP) is 4.08. The number of rotatable bonds is 14. The van der Waals surface area contributed by atoms with E-state index in [1.54, 1.807) is 38.1 Å². The van der Waals surface area contributed by atoms with Crippen LogP contribution in [0.4, 0.5) is 23.1 Å². The Kier molecular flexibility index (Phi) is 11.0. The molecule has 0 bridgehead atoms. The van der Waals surface area contributed by atoms with Crippen molar-refractivity contribution in [2.24, 2.45) is 0 Å². The van der Waals surface area contributed by atoms with Crippen LogP contribution in [-0.4, -0.2) is 95.5 Å². The first-order valence-electron chi connectivity index (χ1n) is 12.9. The second-order valence-electron chi connectivity index (χ2n) is 10.0. The number of halogens is 1. The van der Waals surface area contributed by atoms with E-state index in [1.807, 2.05) is 30.9 Å². The third-order valence-electron chi connectivity index (χ3n) is 6.26. The van der Waals surface area contributed by atoms with Gasteiger partial charge in [0, 0.05) is 25.7 Å². The smallest absolute Gasteiger partial charge is 0.229 e. The van der Waals surface area contributed by atoms with Crippen LogP contribution in [0.5, 0.6) is 5.75 Å². The Morgan fingerprint density at radius 2 is 1.66 bits per heavy atom. The summed E-state index contributed by atoms with van der Waals surface area (Å²) < 4.78 is 57.2. The molecule has 0 saturated heterocycles. The van der Waals surface area contributed by atoms with Gasteiger partial charge in [0.05, 0.1) is 45.5 Å². The number of para-hydroxylation sites is 1. The number of nitrogens with one attached hydrogen (secondary N) is 2. The number of likely N-dealkylation sites (N-methyl/N-ethyl adjacent to an activating group) is 2. The highest BCUT2D eigenvalue weighted by molar-refractivity contribution is 7.92. The van der Waals surface area contributed by atoms with Crippen LogP contribution in [0.25, 0.3) is 0 Å². The molecule has 0 unspecified atom stereocenters. The first kappa shape index (κ1) is 32.5. The zero-order valence-corrected chi connectivity index (χ0v) is 26.4. The minimum absolute atomic E-state index is 0.0316. The van der Waals surface area contributed by atoms with Gasteiger partial charge in [0.15, 0.2) is 25.5 Å². The fraction of sp³-hybridized carbons (Fsp3) is 0.407. The molecule has 1 heterocycles. The molecule has 14 heteroatoms. The van der Waals surface area contributed by atoms with E-state index < -0.39 is 24.9 Å². The summed E-state index contributed by atoms with van der Waals surface area (Å²) in [6.07, 6.45) is 1.37. The van der Waals surface area contributed by atoms with Crippen LogP contribution in [0.15, 0.2) is 58.5 Å². The molecule has 0 radical (unpaired) electrons. The molecule has 3 rings (SSSR count). The van der Waals surface area contributed by atoms with Crippen molar-refractivity contribution in [2.45, 2.75) is 28.9 Å². The number of methoxy groups -OCH3 is 1. The van der Waals surface area contributed by atoms with Gasteiger partial charge in [0.2, 0.25) is 5.95 Å². The lowest BCUT2D eigenvalue weighted by molar-refractivity contribution is 0.293. The van der Waals surface area contributed by atoms with Crippen LogP contribution < -0.4 is 15.4 Å². The highest BCUT2D eigenvalue weighted by atomic mass is 35.5. The molecule has 1 aromatic heterocycles. The Hall–Kier alpha value is -2.97. The molecule has 0 aliphatic rings. The molecular weight excluding hydrogens is 588 g/mol. The Morgan fingerprint density at radius 1 is 0.951 bits per heavy atom. The van der Waals surface area contributed by atoms with Crippen molar-refractivity contribution in [1.82, 2.24) is 19.8 Å². The molecule has 2 N–H and O–H groups in total. The first-order chi connectivity index (χ1) is 19.2. The number of hydrogen-bond acceptors (Lipinski definition) is 11. The molecule has 0 aliphatic carbocycles. The number of anilines is 4. The standard InChI is InChI=1S/C27H37ClN6O5S2/c1-19(2)41(37,38)25-10-8-7-9-23(25)30-26-21(28)18-29-27(32-26)31-22-12-11-20(17-24(22)39-6)40(35,36)16-15-34(5)14-13-33(3)4/h7-12,17-19H,13-16H2,1-6H3,(H2,29,30,31,32). The van der Waals surface area contributed by atoms with Crippen LogP contribution in [-0.2, 0) is 19.7 Å². The minimum Gasteiger partial charge on any atom is -0.495 e. The number of aromatic nitrogens is 2. The summed E-state index contributed by atoms with van der Waals surface area (Å²) >= 11 is 6.33. The van der Waals surface area contributed by atoms with Crippen LogP contribution in [0.3, 0.4) is 0 Å². The molecule has 224 valence electrons. The number of hydrogen-bond donors (Lipinski definition) is 2. The number of ether oxygens (including phenoxy) is 1. The van der Waals surface area contributed by atoms with Gasteiger partial charge >= 0.3 is 0 Å². The van der Waals surface area contributed by atoms with Gasteiger partial charge in [-0.25, -0.2) is 21.8 Å². The van der Waals surface area contributed by atoms with Gasteiger partial charge in [0.25, 0.3) is 0 Å². The number of nitrogens with zero attached hydrogens (tertiary/aromatic N) is 4. The molecule has 0 saturated carbocycles. The highest BCUT2D eigenvalue weighted by Gasteiger charge is 2.23. The summed E-state index contributed by atoms with van der Waals surface area (Å²) in [5.74, 6) is 0.578. The summed E-state index contributed by atoms with van der Waals surface area (Å²) in [5, 5.41) is 5.59. The first-order valence-corrected chi connectivity index (χ1v) is 16.5. The topological polar surface area (TPSA) is 134 Å². The number of sulfone groups is 2. The van der Waals surface area contributed by atoms with E-state index in [0.717, 1.165) is 13.1 Å². The third-order valence-corrected chi connectivity index (χ3v) is 10.4. The van der Waals surface area contributed by atoms with E-state index in [4.69, 9.17) is 16.3 Å². The lowest BCUT2D eigenvalue weighted by Gasteiger charge is -2.19. The molecule has 0 aliphatic heterocycles. The molecule has 2 aromatic carbocycles. The largest absolute Gasteiger partial charge is 0.495 e. The lowest BCUT2D eigenvalue weighted by Crippen LogP contribution is -2.32. The Balaban J connectivity index is 1.82. The molecule has 0 atom stereocenters. The summed E-state index contributed by atoms with van der Waals surface area (Å²) in [7, 11) is 0.141. The van der Waals surface area contributed by atoms with Crippen molar-refractivity contribution in [1.29, 1.82) is 0 Å². The van der Waals surface area contributed by atoms with E-state index in [2.05, 4.69) is 20.6 Å². The predicted molar refractivity (Wildman–Crippen MR) is 163 cm³/mol. The van der Waals surface area contributed by atoms with Crippen molar-refractivity contribution in [2.75, 3.05) is 64.3 Å². The summed E-state index contributed by atoms with van der Waals surface area (Å²) in [6, 6.07) is 11.0. The highest BCUT2D eigenvalue weighted by Crippen LogP contribution is 2.33. The average molecular weight is 625 g/mol. The van der Waals surface area contributed by atoms with Crippen LogP contribution >= 0.6 is 11.6 Å². The third kappa shape index (κ3) is 8.52. The molecule has 0 fully saturated rings. The van der Waals surface area contributed by atoms with Crippen molar-refractivity contribution in [3.05, 3.63) is 53.7 Å². The molecule has 0 spiro atoms. The quantitative estimate of drug-likeness (QED) is 0.269. The van der Waals surface area contributed by atoms with Gasteiger partial charge in [-0.2, -0.15) is 4.98 Å². The zero-order valence-electron chi connectivity index (χ0n) is 24.0. The summed E-state index contributed by atoms with van der Waals surface area (Å²) in [6.45, 7) is 5.21. The second-order valence-corrected chi connectivity index (χ2v) is 15.0. The van der Waals surface area contributed by atoms with Gasteiger partial charge in [-0.3, -0.25) is 0 Å². The van der Waals surface area contributed by atoms with Gasteiger partial charge in [-0.05, 0) is 59.3 Å². The van der Waals surface area contributed by atoms with E-state index >= 15 is 0 Å². The van der Waals surface area contributed by atoms with Crippen LogP contribution in [0, 0.1) is 0 Å². The minimum atomic E-state index is -3.57. The van der Waals surface area contributed by atoms with Crippen LogP contribution in [0.1, 0.15) is 13.8 Å². The maximum Gasteiger partial charge on any atom is 0.229 e. The lowest BCUT2D eigenvalue weighted by atomic mass is 10.3. The SMILES string of the molecule is COc1cc(S(=O)(=O)CCN(C)CCN(C)C)ccc1Nc1ncc(Cl)c(Nc2ccccc2S(=O)(=O)C(C)C)n1. The fourth-order valence-electron chi connectivity index (χ4n) is 3.68. The second kappa shape index (κ2) is 13.8. The molecule has 41 heavy (non-hydrogen) atoms. The summed E-state index contributed by atoms with van der Waals surface area (Å²) in [4.78, 5) is 12.9. The molecular formula is C27H37ClN6O5S2. The van der Waals surface area contributed by atoms with Crippen molar-refractivity contribution >= 4 is 54.4 Å². The zero-order chi connectivity index (χ0) is 30.4. The monoisotopic (exact) mass is 624 g/mol. The van der Waals surface area contributed by atoms with E-state index in [0.29, 0.717) is 17.9 Å². The van der Waals surface area contributed by atoms with Gasteiger partial charge in [0.1, 0.15) is 10.8 Å². The van der Waals surface area contributed by atoms with Crippen molar-refractivity contribution in [3.63, 3.8) is 0 Å². The van der Waals surface area contributed by atoms with Crippen molar-refractivity contribution in [3.8, 4) is 5.75 Å². The Labute approximate surface area is 247 Å². The molecule has 11 nitrogen and oxygen atoms in total. The fourth-order valence-corrected chi connectivity index (χ4v) is 6.37. The number of benzene rings is 2. The van der Waals surface area contributed by atoms with Gasteiger partial charge < -0.3 is 25.2 Å². The van der Waals surface area contributed by atoms with Gasteiger partial charge in [-0.15, -0.1) is 0 Å². The van der Waals surface area contributed by atoms with Gasteiger partial charge in [-0.1, -0.05) is 23.7 Å². The maximum atomic E-state index is 13.0. The van der Waals surface area contributed by atoms with E-state index in [-0.39, 0.29) is 38.1 Å². The summed E-state index contributed by atoms with van der Waals surface area (Å²) in [5.41, 5.74) is 0.762. The van der Waals surface area contributed by atoms with E-state index in [9.17, 15) is 16.8 Å². The Morgan fingerprint density at radius 3 is 2.32 bits per heavy atom. The molecule has 0 amide bonds. The maximum absolute atomic E-state index is 13.0. The normalized spacial score (nSPS) is 12.2. The average Bonchev–Trinajstić information content (AvgIpc) is 2.92. The molecule has 3 aromatic rings. The van der Waals surface area contributed by atoms with Crippen molar-refractivity contribution < 1.29 is 21.6 Å². The van der Waals surface area contributed by atoms with Crippen LogP contribution in [0.2, 0.25) is 5.02 Å².